The van der Waals surface area contributed by atoms with E-state index in [9.17, 15) is 26.4 Å². The summed E-state index contributed by atoms with van der Waals surface area (Å²) in [6, 6.07) is 9.38. The average Bonchev–Trinajstić information content (AvgIpc) is 3.38. The number of halogens is 3. The third-order valence-corrected chi connectivity index (χ3v) is 5.29. The van der Waals surface area contributed by atoms with Gasteiger partial charge in [-0.25, -0.2) is 13.1 Å². The van der Waals surface area contributed by atoms with E-state index in [4.69, 9.17) is 0 Å². The molecule has 0 aromatic heterocycles. The molecule has 0 unspecified atom stereocenters. The van der Waals surface area contributed by atoms with E-state index in [2.05, 4.69) is 10.0 Å². The molecule has 5 nitrogen and oxygen atoms in total. The number of carbonyl (C=O) groups is 1. The predicted octanol–water partition coefficient (Wildman–Crippen LogP) is 3.40. The molecule has 1 amide bonds. The van der Waals surface area contributed by atoms with Crippen molar-refractivity contribution in [3.8, 4) is 0 Å². The Kier molecular flexibility index (Phi) is 4.76. The Labute approximate surface area is 148 Å². The van der Waals surface area contributed by atoms with E-state index in [1.54, 1.807) is 0 Å². The number of carbonyl (C=O) groups excluding carboxylic acids is 1. The fourth-order valence-corrected chi connectivity index (χ4v) is 3.59. The molecule has 0 aliphatic heterocycles. The molecule has 26 heavy (non-hydrogen) atoms. The van der Waals surface area contributed by atoms with Crippen molar-refractivity contribution < 1.29 is 26.4 Å². The van der Waals surface area contributed by atoms with E-state index < -0.39 is 27.7 Å². The van der Waals surface area contributed by atoms with Crippen molar-refractivity contribution in [1.82, 2.24) is 4.72 Å². The van der Waals surface area contributed by atoms with Gasteiger partial charge in [0, 0.05) is 17.3 Å². The third kappa shape index (κ3) is 4.41. The summed E-state index contributed by atoms with van der Waals surface area (Å²) >= 11 is 0. The van der Waals surface area contributed by atoms with Crippen LogP contribution < -0.4 is 10.0 Å². The molecular formula is C17H15F3N2O3S. The van der Waals surface area contributed by atoms with Crippen molar-refractivity contribution in [3.63, 3.8) is 0 Å². The number of benzene rings is 2. The van der Waals surface area contributed by atoms with Gasteiger partial charge in [0.1, 0.15) is 0 Å². The maximum atomic E-state index is 12.5. The van der Waals surface area contributed by atoms with Crippen LogP contribution in [0.5, 0.6) is 0 Å². The van der Waals surface area contributed by atoms with Crippen LogP contribution in [0.3, 0.4) is 0 Å². The molecule has 2 aromatic rings. The first-order valence-corrected chi connectivity index (χ1v) is 9.24. The number of amides is 1. The molecule has 2 N–H and O–H groups in total. The van der Waals surface area contributed by atoms with Crippen molar-refractivity contribution in [2.24, 2.45) is 0 Å². The van der Waals surface area contributed by atoms with Gasteiger partial charge in [-0.2, -0.15) is 13.2 Å². The van der Waals surface area contributed by atoms with E-state index in [1.807, 2.05) is 0 Å². The van der Waals surface area contributed by atoms with Crippen molar-refractivity contribution in [2.75, 3.05) is 5.32 Å². The van der Waals surface area contributed by atoms with E-state index in [0.717, 1.165) is 37.1 Å². The standard InChI is InChI=1S/C17H15F3N2O3S/c18-17(19,20)12-4-6-13(7-5-12)21-16(23)11-2-1-3-15(10-11)26(24,25)22-14-8-9-14/h1-7,10,14,22H,8-9H2,(H,21,23). The van der Waals surface area contributed by atoms with Crippen LogP contribution in [-0.2, 0) is 16.2 Å². The highest BCUT2D eigenvalue weighted by Crippen LogP contribution is 2.30. The molecule has 3 rings (SSSR count). The van der Waals surface area contributed by atoms with Crippen LogP contribution in [0.1, 0.15) is 28.8 Å². The van der Waals surface area contributed by atoms with Gasteiger partial charge >= 0.3 is 6.18 Å². The molecule has 0 radical (unpaired) electrons. The zero-order chi connectivity index (χ0) is 18.9. The van der Waals surface area contributed by atoms with E-state index in [0.29, 0.717) is 0 Å². The molecular weight excluding hydrogens is 369 g/mol. The summed E-state index contributed by atoms with van der Waals surface area (Å²) in [6.07, 6.45) is -2.89. The summed E-state index contributed by atoms with van der Waals surface area (Å²) in [4.78, 5) is 12.2. The molecule has 1 aliphatic rings. The van der Waals surface area contributed by atoms with Crippen LogP contribution in [0.2, 0.25) is 0 Å². The molecule has 1 saturated carbocycles. The Morgan fingerprint density at radius 3 is 2.27 bits per heavy atom. The molecule has 0 saturated heterocycles. The SMILES string of the molecule is O=C(Nc1ccc(C(F)(F)F)cc1)c1cccc(S(=O)(=O)NC2CC2)c1. The topological polar surface area (TPSA) is 75.3 Å². The van der Waals surface area contributed by atoms with Gasteiger partial charge in [0.05, 0.1) is 10.5 Å². The Bertz CT molecular complexity index is 921. The number of hydrogen-bond donors (Lipinski definition) is 2. The number of alkyl halides is 3. The van der Waals surface area contributed by atoms with Gasteiger partial charge in [0.2, 0.25) is 10.0 Å². The van der Waals surface area contributed by atoms with Gasteiger partial charge in [0.15, 0.2) is 0 Å². The largest absolute Gasteiger partial charge is 0.416 e. The lowest BCUT2D eigenvalue weighted by molar-refractivity contribution is -0.137. The lowest BCUT2D eigenvalue weighted by Crippen LogP contribution is -2.26. The first-order chi connectivity index (χ1) is 12.1. The molecule has 1 fully saturated rings. The summed E-state index contributed by atoms with van der Waals surface area (Å²) in [6.45, 7) is 0. The molecule has 1 aliphatic carbocycles. The maximum Gasteiger partial charge on any atom is 0.416 e. The third-order valence-electron chi connectivity index (χ3n) is 3.78. The first-order valence-electron chi connectivity index (χ1n) is 7.76. The molecule has 0 heterocycles. The van der Waals surface area contributed by atoms with Gasteiger partial charge in [-0.3, -0.25) is 4.79 Å². The van der Waals surface area contributed by atoms with Crippen LogP contribution >= 0.6 is 0 Å². The Morgan fingerprint density at radius 2 is 1.69 bits per heavy atom. The van der Waals surface area contributed by atoms with E-state index in [1.165, 1.54) is 24.3 Å². The minimum absolute atomic E-state index is 0.0375. The Morgan fingerprint density at radius 1 is 1.04 bits per heavy atom. The predicted molar refractivity (Wildman–Crippen MR) is 89.2 cm³/mol. The highest BCUT2D eigenvalue weighted by Gasteiger charge is 2.30. The van der Waals surface area contributed by atoms with Gasteiger partial charge in [-0.15, -0.1) is 0 Å². The number of anilines is 1. The normalized spacial score (nSPS) is 14.9. The highest BCUT2D eigenvalue weighted by atomic mass is 32.2. The van der Waals surface area contributed by atoms with E-state index >= 15 is 0 Å². The van der Waals surface area contributed by atoms with Crippen molar-refractivity contribution >= 4 is 21.6 Å². The quantitative estimate of drug-likeness (QED) is 0.830. The lowest BCUT2D eigenvalue weighted by Gasteiger charge is -2.10. The monoisotopic (exact) mass is 384 g/mol. The second-order valence-corrected chi connectivity index (χ2v) is 7.67. The number of nitrogens with one attached hydrogen (secondary N) is 2. The highest BCUT2D eigenvalue weighted by molar-refractivity contribution is 7.89. The minimum atomic E-state index is -4.46. The smallest absolute Gasteiger partial charge is 0.322 e. The molecule has 2 aromatic carbocycles. The molecule has 0 spiro atoms. The lowest BCUT2D eigenvalue weighted by atomic mass is 10.2. The summed E-state index contributed by atoms with van der Waals surface area (Å²) in [5.74, 6) is -0.617. The summed E-state index contributed by atoms with van der Waals surface area (Å²) in [5, 5.41) is 2.45. The van der Waals surface area contributed by atoms with Gasteiger partial charge < -0.3 is 5.32 Å². The zero-order valence-electron chi connectivity index (χ0n) is 13.4. The van der Waals surface area contributed by atoms with Gasteiger partial charge in [-0.05, 0) is 55.3 Å². The van der Waals surface area contributed by atoms with Gasteiger partial charge in [0.25, 0.3) is 5.91 Å². The van der Waals surface area contributed by atoms with Crippen LogP contribution in [0.25, 0.3) is 0 Å². The van der Waals surface area contributed by atoms with Crippen LogP contribution in [0, 0.1) is 0 Å². The minimum Gasteiger partial charge on any atom is -0.322 e. The zero-order valence-corrected chi connectivity index (χ0v) is 14.2. The molecule has 138 valence electrons. The second-order valence-electron chi connectivity index (χ2n) is 5.95. The van der Waals surface area contributed by atoms with Crippen LogP contribution in [0.15, 0.2) is 53.4 Å². The number of rotatable bonds is 5. The fraction of sp³-hybridized carbons (Fsp3) is 0.235. The fourth-order valence-electron chi connectivity index (χ4n) is 2.24. The molecule has 0 bridgehead atoms. The first kappa shape index (κ1) is 18.4. The Hall–Kier alpha value is -2.39. The van der Waals surface area contributed by atoms with Crippen LogP contribution in [0.4, 0.5) is 18.9 Å². The van der Waals surface area contributed by atoms with Crippen molar-refractivity contribution in [1.29, 1.82) is 0 Å². The summed E-state index contributed by atoms with van der Waals surface area (Å²) < 4.78 is 64.6. The number of hydrogen-bond acceptors (Lipinski definition) is 3. The van der Waals surface area contributed by atoms with E-state index in [-0.39, 0.29) is 22.2 Å². The average molecular weight is 384 g/mol. The summed E-state index contributed by atoms with van der Waals surface area (Å²) in [7, 11) is -3.70. The second kappa shape index (κ2) is 6.73. The van der Waals surface area contributed by atoms with Crippen LogP contribution in [-0.4, -0.2) is 20.4 Å². The maximum absolute atomic E-state index is 12.5. The van der Waals surface area contributed by atoms with Crippen molar-refractivity contribution in [3.05, 3.63) is 59.7 Å². The van der Waals surface area contributed by atoms with Gasteiger partial charge in [-0.1, -0.05) is 6.07 Å². The number of sulfonamides is 1. The summed E-state index contributed by atoms with van der Waals surface area (Å²) in [5.41, 5.74) is -0.564. The molecule has 0 atom stereocenters. The molecule has 9 heteroatoms. The Balaban J connectivity index is 1.75. The van der Waals surface area contributed by atoms with Crippen molar-refractivity contribution in [2.45, 2.75) is 30.0 Å².